The van der Waals surface area contributed by atoms with Crippen LogP contribution in [0.5, 0.6) is 0 Å². The van der Waals surface area contributed by atoms with Crippen molar-refractivity contribution < 1.29 is 8.42 Å². The number of nitrogens with zero attached hydrogens (tertiary/aromatic N) is 2. The molecule has 0 aliphatic carbocycles. The molecule has 1 aliphatic rings. The molecular formula is C20H30N4O2S. The van der Waals surface area contributed by atoms with Crippen LogP contribution in [-0.2, 0) is 23.6 Å². The van der Waals surface area contributed by atoms with Gasteiger partial charge in [0, 0.05) is 51.7 Å². The van der Waals surface area contributed by atoms with Gasteiger partial charge in [0.1, 0.15) is 0 Å². The number of aryl methyl sites for hydroxylation is 1. The quantitative estimate of drug-likeness (QED) is 0.675. The second kappa shape index (κ2) is 9.01. The number of likely N-dealkylation sites (tertiary alicyclic amines) is 1. The molecule has 1 saturated heterocycles. The maximum atomic E-state index is 12.3. The van der Waals surface area contributed by atoms with E-state index in [1.54, 1.807) is 23.0 Å². The maximum Gasteiger partial charge on any atom is 0.242 e. The van der Waals surface area contributed by atoms with E-state index in [9.17, 15) is 8.42 Å². The first-order chi connectivity index (χ1) is 12.9. The molecule has 0 radical (unpaired) electrons. The van der Waals surface area contributed by atoms with Crippen molar-refractivity contribution in [3.05, 3.63) is 54.4 Å². The van der Waals surface area contributed by atoms with Crippen molar-refractivity contribution in [3.8, 4) is 0 Å². The summed E-state index contributed by atoms with van der Waals surface area (Å²) in [6.45, 7) is 6.34. The fourth-order valence-electron chi connectivity index (χ4n) is 3.55. The lowest BCUT2D eigenvalue weighted by Crippen LogP contribution is -2.51. The van der Waals surface area contributed by atoms with Crippen LogP contribution in [0.4, 0.5) is 0 Å². The van der Waals surface area contributed by atoms with E-state index >= 15 is 0 Å². The highest BCUT2D eigenvalue weighted by Crippen LogP contribution is 2.19. The molecule has 2 atom stereocenters. The highest BCUT2D eigenvalue weighted by molar-refractivity contribution is 7.89. The van der Waals surface area contributed by atoms with Gasteiger partial charge in [0.15, 0.2) is 0 Å². The first-order valence-electron chi connectivity index (χ1n) is 9.55. The molecule has 3 rings (SSSR count). The summed E-state index contributed by atoms with van der Waals surface area (Å²) in [4.78, 5) is 2.78. The summed E-state index contributed by atoms with van der Waals surface area (Å²) in [5, 5.41) is 3.54. The number of hydrogen-bond donors (Lipinski definition) is 2. The van der Waals surface area contributed by atoms with E-state index in [0.717, 1.165) is 26.1 Å². The molecule has 148 valence electrons. The predicted molar refractivity (Wildman–Crippen MR) is 108 cm³/mol. The maximum absolute atomic E-state index is 12.3. The smallest absolute Gasteiger partial charge is 0.242 e. The number of sulfonamides is 1. The molecule has 0 bridgehead atoms. The van der Waals surface area contributed by atoms with E-state index in [2.05, 4.69) is 46.1 Å². The van der Waals surface area contributed by atoms with Crippen LogP contribution in [0.3, 0.4) is 0 Å². The lowest BCUT2D eigenvalue weighted by molar-refractivity contribution is 0.143. The Morgan fingerprint density at radius 2 is 1.93 bits per heavy atom. The van der Waals surface area contributed by atoms with Crippen molar-refractivity contribution in [1.82, 2.24) is 19.5 Å². The van der Waals surface area contributed by atoms with Crippen molar-refractivity contribution in [2.45, 2.75) is 30.8 Å². The van der Waals surface area contributed by atoms with Crippen LogP contribution in [0.1, 0.15) is 18.9 Å². The van der Waals surface area contributed by atoms with Gasteiger partial charge >= 0.3 is 0 Å². The number of rotatable bonds is 8. The lowest BCUT2D eigenvalue weighted by atomic mass is 9.93. The molecule has 1 aromatic heterocycles. The Kier molecular flexibility index (Phi) is 6.70. The Morgan fingerprint density at radius 1 is 1.15 bits per heavy atom. The normalized spacial score (nSPS) is 21.4. The van der Waals surface area contributed by atoms with Gasteiger partial charge in [-0.1, -0.05) is 37.3 Å². The number of benzene rings is 1. The summed E-state index contributed by atoms with van der Waals surface area (Å²) in [6.07, 6.45) is 4.50. The van der Waals surface area contributed by atoms with Gasteiger partial charge in [0.2, 0.25) is 10.0 Å². The molecule has 2 N–H and O–H groups in total. The molecule has 0 saturated carbocycles. The SMILES string of the molecule is C[C@@H]1CCN(Cc2ccccc2)C[C@@H]1NCCNS(=O)(=O)c1ccn(C)c1. The summed E-state index contributed by atoms with van der Waals surface area (Å²) < 4.78 is 28.9. The Balaban J connectivity index is 1.45. The summed E-state index contributed by atoms with van der Waals surface area (Å²) in [6, 6.07) is 12.5. The van der Waals surface area contributed by atoms with Gasteiger partial charge in [-0.25, -0.2) is 13.1 Å². The number of piperidine rings is 1. The molecule has 0 amide bonds. The van der Waals surface area contributed by atoms with Crippen molar-refractivity contribution in [2.75, 3.05) is 26.2 Å². The van der Waals surface area contributed by atoms with Crippen molar-refractivity contribution in [1.29, 1.82) is 0 Å². The lowest BCUT2D eigenvalue weighted by Gasteiger charge is -2.37. The number of nitrogens with one attached hydrogen (secondary N) is 2. The van der Waals surface area contributed by atoms with E-state index in [4.69, 9.17) is 0 Å². The van der Waals surface area contributed by atoms with Gasteiger partial charge in [0.05, 0.1) is 4.90 Å². The second-order valence-corrected chi connectivity index (χ2v) is 9.22. The number of hydrogen-bond acceptors (Lipinski definition) is 4. The van der Waals surface area contributed by atoms with E-state index in [1.165, 1.54) is 5.56 Å². The summed E-state index contributed by atoms with van der Waals surface area (Å²) in [5.41, 5.74) is 1.33. The average Bonchev–Trinajstić information content (AvgIpc) is 3.09. The van der Waals surface area contributed by atoms with Crippen LogP contribution in [0.2, 0.25) is 0 Å². The van der Waals surface area contributed by atoms with Gasteiger partial charge < -0.3 is 9.88 Å². The Morgan fingerprint density at radius 3 is 2.63 bits per heavy atom. The van der Waals surface area contributed by atoms with E-state index < -0.39 is 10.0 Å². The van der Waals surface area contributed by atoms with Gasteiger partial charge in [-0.2, -0.15) is 0 Å². The zero-order valence-corrected chi connectivity index (χ0v) is 17.0. The highest BCUT2D eigenvalue weighted by atomic mass is 32.2. The Bertz CT molecular complexity index is 820. The van der Waals surface area contributed by atoms with Crippen LogP contribution >= 0.6 is 0 Å². The third-order valence-electron chi connectivity index (χ3n) is 5.23. The average molecular weight is 391 g/mol. The zero-order valence-electron chi connectivity index (χ0n) is 16.1. The molecule has 2 aromatic rings. The molecule has 6 nitrogen and oxygen atoms in total. The molecule has 0 spiro atoms. The van der Waals surface area contributed by atoms with Crippen LogP contribution < -0.4 is 10.0 Å². The van der Waals surface area contributed by atoms with Crippen molar-refractivity contribution in [2.24, 2.45) is 13.0 Å². The third kappa shape index (κ3) is 5.65. The standard InChI is InChI=1S/C20H30N4O2S/c1-17-8-13-24(14-18-6-4-3-5-7-18)16-20(17)21-10-11-22-27(25,26)19-9-12-23(2)15-19/h3-7,9,12,15,17,20-22H,8,10-11,13-14,16H2,1-2H3/t17-,20+/m1/s1. The first kappa shape index (κ1) is 20.1. The fraction of sp³-hybridized carbons (Fsp3) is 0.500. The molecule has 2 heterocycles. The topological polar surface area (TPSA) is 66.4 Å². The first-order valence-corrected chi connectivity index (χ1v) is 11.0. The minimum absolute atomic E-state index is 0.310. The molecular weight excluding hydrogens is 360 g/mol. The van der Waals surface area contributed by atoms with Crippen molar-refractivity contribution in [3.63, 3.8) is 0 Å². The fourth-order valence-corrected chi connectivity index (χ4v) is 4.63. The second-order valence-electron chi connectivity index (χ2n) is 7.46. The molecule has 1 aliphatic heterocycles. The number of aromatic nitrogens is 1. The Hall–Kier alpha value is -1.67. The van der Waals surface area contributed by atoms with Gasteiger partial charge in [0.25, 0.3) is 0 Å². The van der Waals surface area contributed by atoms with Gasteiger partial charge in [-0.3, -0.25) is 4.90 Å². The highest BCUT2D eigenvalue weighted by Gasteiger charge is 2.25. The zero-order chi connectivity index (χ0) is 19.3. The summed E-state index contributed by atoms with van der Waals surface area (Å²) in [5.74, 6) is 0.586. The summed E-state index contributed by atoms with van der Waals surface area (Å²) in [7, 11) is -1.62. The van der Waals surface area contributed by atoms with Crippen LogP contribution in [-0.4, -0.2) is 50.1 Å². The largest absolute Gasteiger partial charge is 0.356 e. The predicted octanol–water partition coefficient (Wildman–Crippen LogP) is 1.80. The minimum atomic E-state index is -3.43. The molecule has 7 heteroatoms. The van der Waals surface area contributed by atoms with Crippen LogP contribution in [0, 0.1) is 5.92 Å². The Labute approximate surface area is 162 Å². The van der Waals surface area contributed by atoms with Crippen LogP contribution in [0.25, 0.3) is 0 Å². The van der Waals surface area contributed by atoms with Gasteiger partial charge in [-0.05, 0) is 30.5 Å². The monoisotopic (exact) mass is 390 g/mol. The molecule has 0 unspecified atom stereocenters. The molecule has 1 fully saturated rings. The third-order valence-corrected chi connectivity index (χ3v) is 6.68. The van der Waals surface area contributed by atoms with Gasteiger partial charge in [-0.15, -0.1) is 0 Å². The van der Waals surface area contributed by atoms with E-state index in [0.29, 0.717) is 29.9 Å². The van der Waals surface area contributed by atoms with Crippen molar-refractivity contribution >= 4 is 10.0 Å². The van der Waals surface area contributed by atoms with E-state index in [1.807, 2.05) is 13.1 Å². The summed E-state index contributed by atoms with van der Waals surface area (Å²) >= 11 is 0. The van der Waals surface area contributed by atoms with Crippen LogP contribution in [0.15, 0.2) is 53.7 Å². The van der Waals surface area contributed by atoms with E-state index in [-0.39, 0.29) is 0 Å². The molecule has 1 aromatic carbocycles. The minimum Gasteiger partial charge on any atom is -0.356 e. The molecule has 27 heavy (non-hydrogen) atoms.